The number of amides is 1. The van der Waals surface area contributed by atoms with Crippen molar-refractivity contribution < 1.29 is 13.2 Å². The summed E-state index contributed by atoms with van der Waals surface area (Å²) >= 11 is 1.58. The zero-order valence-corrected chi connectivity index (χ0v) is 23.2. The number of aromatic nitrogens is 3. The highest BCUT2D eigenvalue weighted by atomic mass is 32.2. The Kier molecular flexibility index (Phi) is 6.57. The average molecular weight is 550 g/mol. The van der Waals surface area contributed by atoms with Crippen molar-refractivity contribution in [3.8, 4) is 5.13 Å². The fraction of sp³-hybridized carbons (Fsp3) is 0.393. The van der Waals surface area contributed by atoms with E-state index in [4.69, 9.17) is 4.98 Å². The van der Waals surface area contributed by atoms with Gasteiger partial charge in [-0.3, -0.25) is 4.79 Å². The molecule has 3 heterocycles. The van der Waals surface area contributed by atoms with Crippen molar-refractivity contribution >= 4 is 43.3 Å². The van der Waals surface area contributed by atoms with Gasteiger partial charge in [-0.05, 0) is 87.8 Å². The molecule has 1 fully saturated rings. The Morgan fingerprint density at radius 2 is 1.68 bits per heavy atom. The highest BCUT2D eigenvalue weighted by Crippen LogP contribution is 2.33. The minimum absolute atomic E-state index is 0.116. The molecule has 0 atom stereocenters. The number of hydrogen-bond donors (Lipinski definition) is 1. The van der Waals surface area contributed by atoms with Crippen molar-refractivity contribution in [2.24, 2.45) is 5.92 Å². The van der Waals surface area contributed by atoms with Crippen molar-refractivity contribution in [1.29, 1.82) is 0 Å². The Morgan fingerprint density at radius 3 is 2.39 bits per heavy atom. The number of piperidine rings is 1. The van der Waals surface area contributed by atoms with Crippen LogP contribution >= 0.6 is 11.3 Å². The van der Waals surface area contributed by atoms with Crippen molar-refractivity contribution in [3.63, 3.8) is 0 Å². The fourth-order valence-electron chi connectivity index (χ4n) is 5.41. The second kappa shape index (κ2) is 9.91. The molecule has 1 saturated heterocycles. The minimum Gasteiger partial charge on any atom is -0.310 e. The molecule has 6 rings (SSSR count). The van der Waals surface area contributed by atoms with Gasteiger partial charge in [0.05, 0.1) is 20.8 Å². The molecule has 8 nitrogen and oxygen atoms in total. The number of anilines is 1. The van der Waals surface area contributed by atoms with Gasteiger partial charge in [0.1, 0.15) is 5.82 Å². The predicted molar refractivity (Wildman–Crippen MR) is 149 cm³/mol. The highest BCUT2D eigenvalue weighted by Gasteiger charge is 2.32. The summed E-state index contributed by atoms with van der Waals surface area (Å²) < 4.78 is 30.4. The van der Waals surface area contributed by atoms with Gasteiger partial charge in [-0.1, -0.05) is 29.0 Å². The zero-order valence-electron chi connectivity index (χ0n) is 21.6. The lowest BCUT2D eigenvalue weighted by Crippen LogP contribution is -2.41. The lowest BCUT2D eigenvalue weighted by molar-refractivity contribution is -0.120. The Hall–Kier alpha value is -3.08. The van der Waals surface area contributed by atoms with Gasteiger partial charge >= 0.3 is 0 Å². The summed E-state index contributed by atoms with van der Waals surface area (Å²) in [5.74, 6) is 0.200. The molecule has 1 amide bonds. The first-order valence-corrected chi connectivity index (χ1v) is 15.4. The van der Waals surface area contributed by atoms with Crippen LogP contribution in [-0.4, -0.2) is 46.5 Å². The van der Waals surface area contributed by atoms with E-state index in [0.29, 0.717) is 36.6 Å². The SMILES string of the molecule is Cc1ccc(S(=O)(=O)N2CCC(C(=O)Nc3cc(C)nn3-c3nc4cc5c(cc4s3)CCCC5)CC2)cc1. The number of benzene rings is 2. The normalized spacial score (nSPS) is 17.0. The average Bonchev–Trinajstić information content (AvgIpc) is 3.49. The molecule has 2 aromatic carbocycles. The summed E-state index contributed by atoms with van der Waals surface area (Å²) in [6.07, 6.45) is 5.61. The molecule has 1 aliphatic heterocycles. The third-order valence-corrected chi connectivity index (χ3v) is 10.5. The number of hydrogen-bond acceptors (Lipinski definition) is 6. The first-order valence-electron chi connectivity index (χ1n) is 13.1. The fourth-order valence-corrected chi connectivity index (χ4v) is 7.86. The minimum atomic E-state index is -3.56. The Balaban J connectivity index is 1.16. The van der Waals surface area contributed by atoms with Gasteiger partial charge in [0.2, 0.25) is 21.1 Å². The molecule has 38 heavy (non-hydrogen) atoms. The van der Waals surface area contributed by atoms with E-state index in [2.05, 4.69) is 22.5 Å². The molecular formula is C28H31N5O3S2. The maximum atomic E-state index is 13.2. The number of nitrogens with one attached hydrogen (secondary N) is 1. The molecule has 0 radical (unpaired) electrons. The van der Waals surface area contributed by atoms with Crippen LogP contribution in [0, 0.1) is 19.8 Å². The van der Waals surface area contributed by atoms with Crippen LogP contribution in [0.2, 0.25) is 0 Å². The quantitative estimate of drug-likeness (QED) is 0.377. The van der Waals surface area contributed by atoms with Crippen molar-refractivity contribution in [3.05, 3.63) is 64.8 Å². The Labute approximate surface area is 226 Å². The number of nitrogens with zero attached hydrogens (tertiary/aromatic N) is 4. The molecule has 0 spiro atoms. The maximum Gasteiger partial charge on any atom is 0.243 e. The molecule has 0 saturated carbocycles. The second-order valence-electron chi connectivity index (χ2n) is 10.4. The van der Waals surface area contributed by atoms with Crippen LogP contribution in [0.1, 0.15) is 48.1 Å². The lowest BCUT2D eigenvalue weighted by atomic mass is 9.92. The molecular weight excluding hydrogens is 518 g/mol. The molecule has 2 aliphatic rings. The van der Waals surface area contributed by atoms with Gasteiger partial charge in [0.15, 0.2) is 0 Å². The van der Waals surface area contributed by atoms with Gasteiger partial charge in [0, 0.05) is 25.1 Å². The number of carbonyl (C=O) groups is 1. The van der Waals surface area contributed by atoms with Crippen LogP contribution in [-0.2, 0) is 27.7 Å². The number of sulfonamides is 1. The van der Waals surface area contributed by atoms with Crippen LogP contribution < -0.4 is 5.32 Å². The van der Waals surface area contributed by atoms with Gasteiger partial charge in [-0.15, -0.1) is 0 Å². The summed E-state index contributed by atoms with van der Waals surface area (Å²) in [7, 11) is -3.56. The van der Waals surface area contributed by atoms with E-state index in [-0.39, 0.29) is 11.8 Å². The molecule has 2 aromatic heterocycles. The lowest BCUT2D eigenvalue weighted by Gasteiger charge is -2.30. The van der Waals surface area contributed by atoms with Crippen LogP contribution in [0.4, 0.5) is 5.82 Å². The number of rotatable bonds is 5. The number of fused-ring (bicyclic) bond motifs is 2. The molecule has 0 bridgehead atoms. The van der Waals surface area contributed by atoms with Crippen LogP contribution in [0.15, 0.2) is 47.4 Å². The number of aryl methyl sites for hydroxylation is 4. The first-order chi connectivity index (χ1) is 18.3. The Bertz CT molecular complexity index is 1570. The van der Waals surface area contributed by atoms with E-state index >= 15 is 0 Å². The smallest absolute Gasteiger partial charge is 0.243 e. The number of thiazole rings is 1. The summed E-state index contributed by atoms with van der Waals surface area (Å²) in [4.78, 5) is 18.4. The van der Waals surface area contributed by atoms with Gasteiger partial charge in [-0.25, -0.2) is 13.4 Å². The molecule has 4 aromatic rings. The van der Waals surface area contributed by atoms with E-state index in [9.17, 15) is 13.2 Å². The van der Waals surface area contributed by atoms with Gasteiger partial charge < -0.3 is 5.32 Å². The standard InChI is InChI=1S/C28H31N5O3S2/c1-18-7-9-23(10-8-18)38(35,36)32-13-11-20(12-14-32)27(34)30-26-15-19(2)31-33(26)28-29-24-16-21-5-3-4-6-22(21)17-25(24)37-28/h7-10,15-17,20H,3-6,11-14H2,1-2H3,(H,30,34). The molecule has 198 valence electrons. The third-order valence-electron chi connectivity index (χ3n) is 7.59. The summed E-state index contributed by atoms with van der Waals surface area (Å²) in [5.41, 5.74) is 5.58. The monoisotopic (exact) mass is 549 g/mol. The molecule has 1 N–H and O–H groups in total. The molecule has 1 aliphatic carbocycles. The van der Waals surface area contributed by atoms with E-state index in [0.717, 1.165) is 39.4 Å². The van der Waals surface area contributed by atoms with Gasteiger partial charge in [0.25, 0.3) is 0 Å². The second-order valence-corrected chi connectivity index (χ2v) is 13.3. The van der Waals surface area contributed by atoms with E-state index in [1.807, 2.05) is 19.9 Å². The maximum absolute atomic E-state index is 13.2. The zero-order chi connectivity index (χ0) is 26.4. The van der Waals surface area contributed by atoms with Crippen LogP contribution in [0.5, 0.6) is 0 Å². The summed E-state index contributed by atoms with van der Waals surface area (Å²) in [6.45, 7) is 4.45. The Morgan fingerprint density at radius 1 is 1.00 bits per heavy atom. The molecule has 0 unspecified atom stereocenters. The predicted octanol–water partition coefficient (Wildman–Crippen LogP) is 5.02. The highest BCUT2D eigenvalue weighted by molar-refractivity contribution is 7.89. The van der Waals surface area contributed by atoms with Crippen LogP contribution in [0.25, 0.3) is 15.3 Å². The van der Waals surface area contributed by atoms with E-state index < -0.39 is 10.0 Å². The topological polar surface area (TPSA) is 97.2 Å². The van der Waals surface area contributed by atoms with Crippen LogP contribution in [0.3, 0.4) is 0 Å². The first kappa shape index (κ1) is 25.2. The van der Waals surface area contributed by atoms with Gasteiger partial charge in [-0.2, -0.15) is 14.1 Å². The third kappa shape index (κ3) is 4.76. The number of carbonyl (C=O) groups excluding carboxylic acids is 1. The van der Waals surface area contributed by atoms with Crippen molar-refractivity contribution in [1.82, 2.24) is 19.1 Å². The van der Waals surface area contributed by atoms with Crippen molar-refractivity contribution in [2.75, 3.05) is 18.4 Å². The van der Waals surface area contributed by atoms with Crippen molar-refractivity contribution in [2.45, 2.75) is 57.3 Å². The summed E-state index contributed by atoms with van der Waals surface area (Å²) in [6, 6.07) is 13.2. The van der Waals surface area contributed by atoms with E-state index in [1.54, 1.807) is 40.3 Å². The largest absolute Gasteiger partial charge is 0.310 e. The summed E-state index contributed by atoms with van der Waals surface area (Å²) in [5, 5.41) is 8.40. The van der Waals surface area contributed by atoms with E-state index in [1.165, 1.54) is 28.3 Å². The molecule has 10 heteroatoms.